The van der Waals surface area contributed by atoms with Gasteiger partial charge in [-0.25, -0.2) is 4.79 Å². The van der Waals surface area contributed by atoms with Gasteiger partial charge in [0.1, 0.15) is 13.6 Å². The average Bonchev–Trinajstić information content (AvgIpc) is 3.13. The minimum absolute atomic E-state index is 0.0305. The zero-order chi connectivity index (χ0) is 28.1. The smallest absolute Gasteiger partial charge is 0.322 e. The lowest BCUT2D eigenvalue weighted by molar-refractivity contribution is 0.0937. The number of rotatable bonds is 8. The van der Waals surface area contributed by atoms with Gasteiger partial charge in [0.15, 0.2) is 0 Å². The maximum Gasteiger partial charge on any atom is 0.322 e. The summed E-state index contributed by atoms with van der Waals surface area (Å²) < 4.78 is 5.35. The van der Waals surface area contributed by atoms with E-state index >= 15 is 0 Å². The van der Waals surface area contributed by atoms with Crippen molar-refractivity contribution >= 4 is 36.6 Å². The number of amides is 3. The zero-order valence-electron chi connectivity index (χ0n) is 23.6. The molecule has 2 aromatic rings. The Kier molecular flexibility index (Phi) is 9.16. The molecule has 3 heterocycles. The Balaban J connectivity index is 1.08. The average molecular weight is 545 g/mol. The molecule has 0 spiro atoms. The standard InChI is InChI=1S/C30H41BN6O3/c1-40-25-5-6-27-21(18-25)7-15-37(30(39)34-27)24-8-13-35(14-9-24)16-10-33-29(38)22-17-23(28(32)26(31)19-22)20-36-11-3-2-4-12-36/h5-6,17-19,24H,2-4,7-16,20,32H2,1H3,(H,33,38)(H,34,39). The van der Waals surface area contributed by atoms with Crippen LogP contribution in [0.4, 0.5) is 16.2 Å². The van der Waals surface area contributed by atoms with Gasteiger partial charge in [-0.3, -0.25) is 9.69 Å². The van der Waals surface area contributed by atoms with E-state index in [9.17, 15) is 9.59 Å². The number of urea groups is 1. The first kappa shape index (κ1) is 28.3. The molecule has 2 saturated heterocycles. The van der Waals surface area contributed by atoms with E-state index in [1.807, 2.05) is 29.2 Å². The van der Waals surface area contributed by atoms with E-state index in [2.05, 4.69) is 20.4 Å². The fourth-order valence-corrected chi connectivity index (χ4v) is 6.15. The van der Waals surface area contributed by atoms with Gasteiger partial charge in [-0.1, -0.05) is 17.9 Å². The number of carbonyl (C=O) groups is 2. The number of likely N-dealkylation sites (tertiary alicyclic amines) is 2. The summed E-state index contributed by atoms with van der Waals surface area (Å²) in [5, 5.41) is 6.14. The molecular weight excluding hydrogens is 503 g/mol. The summed E-state index contributed by atoms with van der Waals surface area (Å²) >= 11 is 0. The number of nitrogen functional groups attached to an aromatic ring is 1. The molecule has 9 nitrogen and oxygen atoms in total. The van der Waals surface area contributed by atoms with Crippen LogP contribution in [0.2, 0.25) is 0 Å². The Bertz CT molecular complexity index is 1210. The predicted molar refractivity (Wildman–Crippen MR) is 160 cm³/mol. The van der Waals surface area contributed by atoms with Crippen molar-refractivity contribution in [3.63, 3.8) is 0 Å². The fraction of sp³-hybridized carbons (Fsp3) is 0.533. The van der Waals surface area contributed by atoms with Crippen LogP contribution in [0.5, 0.6) is 5.75 Å². The Labute approximate surface area is 238 Å². The van der Waals surface area contributed by atoms with Gasteiger partial charge in [0.25, 0.3) is 5.91 Å². The molecule has 0 saturated carbocycles. The highest BCUT2D eigenvalue weighted by atomic mass is 16.5. The molecule has 5 rings (SSSR count). The van der Waals surface area contributed by atoms with Crippen LogP contribution in [0.15, 0.2) is 30.3 Å². The Morgan fingerprint density at radius 1 is 1.07 bits per heavy atom. The van der Waals surface area contributed by atoms with Gasteiger partial charge in [-0.05, 0) is 80.6 Å². The summed E-state index contributed by atoms with van der Waals surface area (Å²) in [6.07, 6.45) is 6.29. The molecule has 3 aliphatic heterocycles. The summed E-state index contributed by atoms with van der Waals surface area (Å²) in [6, 6.07) is 9.54. The normalized spacial score (nSPS) is 19.0. The Morgan fingerprint density at radius 3 is 2.60 bits per heavy atom. The molecule has 2 radical (unpaired) electrons. The molecule has 2 fully saturated rings. The highest BCUT2D eigenvalue weighted by Gasteiger charge is 2.30. The highest BCUT2D eigenvalue weighted by molar-refractivity contribution is 6.36. The van der Waals surface area contributed by atoms with Crippen molar-refractivity contribution in [3.05, 3.63) is 47.0 Å². The van der Waals surface area contributed by atoms with Crippen LogP contribution in [0.25, 0.3) is 0 Å². The molecule has 4 N–H and O–H groups in total. The van der Waals surface area contributed by atoms with Gasteiger partial charge in [-0.2, -0.15) is 0 Å². The highest BCUT2D eigenvalue weighted by Crippen LogP contribution is 2.27. The minimum Gasteiger partial charge on any atom is -0.497 e. The number of ether oxygens (including phenoxy) is 1. The van der Waals surface area contributed by atoms with Crippen molar-refractivity contribution in [3.8, 4) is 5.75 Å². The summed E-state index contributed by atoms with van der Waals surface area (Å²) in [5.74, 6) is 0.679. The molecule has 0 unspecified atom stereocenters. The molecule has 2 aromatic carbocycles. The zero-order valence-corrected chi connectivity index (χ0v) is 23.6. The molecule has 212 valence electrons. The monoisotopic (exact) mass is 544 g/mol. The lowest BCUT2D eigenvalue weighted by Gasteiger charge is -2.38. The van der Waals surface area contributed by atoms with Crippen LogP contribution < -0.4 is 26.6 Å². The summed E-state index contributed by atoms with van der Waals surface area (Å²) in [6.45, 7) is 6.62. The Morgan fingerprint density at radius 2 is 1.85 bits per heavy atom. The second-order valence-electron chi connectivity index (χ2n) is 11.2. The van der Waals surface area contributed by atoms with E-state index in [-0.39, 0.29) is 18.0 Å². The number of piperidine rings is 2. The third kappa shape index (κ3) is 6.73. The van der Waals surface area contributed by atoms with Crippen LogP contribution >= 0.6 is 0 Å². The second kappa shape index (κ2) is 13.0. The predicted octanol–water partition coefficient (Wildman–Crippen LogP) is 2.34. The number of carbonyl (C=O) groups excluding carboxylic acids is 2. The minimum atomic E-state index is -0.126. The van der Waals surface area contributed by atoms with Crippen molar-refractivity contribution in [2.24, 2.45) is 0 Å². The molecular formula is C30H41BN6O3. The number of nitrogens with two attached hydrogens (primary N) is 1. The van der Waals surface area contributed by atoms with Crippen LogP contribution in [0, 0.1) is 0 Å². The number of nitrogens with one attached hydrogen (secondary N) is 2. The van der Waals surface area contributed by atoms with E-state index in [0.29, 0.717) is 29.8 Å². The van der Waals surface area contributed by atoms with Gasteiger partial charge in [-0.15, -0.1) is 0 Å². The van der Waals surface area contributed by atoms with Crippen LogP contribution in [0.3, 0.4) is 0 Å². The molecule has 0 aliphatic carbocycles. The maximum atomic E-state index is 13.0. The number of hydrogen-bond acceptors (Lipinski definition) is 6. The van der Waals surface area contributed by atoms with Gasteiger partial charge in [0.05, 0.1) is 7.11 Å². The van der Waals surface area contributed by atoms with E-state index in [1.54, 1.807) is 13.2 Å². The molecule has 40 heavy (non-hydrogen) atoms. The van der Waals surface area contributed by atoms with Crippen molar-refractivity contribution in [1.82, 2.24) is 20.0 Å². The molecule has 3 amide bonds. The van der Waals surface area contributed by atoms with Gasteiger partial charge >= 0.3 is 6.03 Å². The van der Waals surface area contributed by atoms with Crippen molar-refractivity contribution in [2.75, 3.05) is 64.0 Å². The maximum absolute atomic E-state index is 13.0. The summed E-state index contributed by atoms with van der Waals surface area (Å²) in [4.78, 5) is 32.7. The van der Waals surface area contributed by atoms with Crippen molar-refractivity contribution in [2.45, 2.75) is 51.1 Å². The second-order valence-corrected chi connectivity index (χ2v) is 11.2. The largest absolute Gasteiger partial charge is 0.497 e. The van der Waals surface area contributed by atoms with Crippen LogP contribution in [0.1, 0.15) is 53.6 Å². The molecule has 0 atom stereocenters. The summed E-state index contributed by atoms with van der Waals surface area (Å²) in [5.41, 5.74) is 10.7. The molecule has 0 bridgehead atoms. The van der Waals surface area contributed by atoms with E-state index < -0.39 is 0 Å². The number of methoxy groups -OCH3 is 1. The van der Waals surface area contributed by atoms with E-state index in [4.69, 9.17) is 18.3 Å². The SMILES string of the molecule is [B]c1cc(C(=O)NCCN2CCC(N3CCc4cc(OC)ccc4NC3=O)CC2)cc(CN2CCCCC2)c1N. The van der Waals surface area contributed by atoms with Crippen LogP contribution in [-0.2, 0) is 13.0 Å². The van der Waals surface area contributed by atoms with E-state index in [1.165, 1.54) is 19.3 Å². The van der Waals surface area contributed by atoms with Gasteiger partial charge in [0.2, 0.25) is 0 Å². The molecule has 3 aliphatic rings. The number of anilines is 2. The number of hydrogen-bond donors (Lipinski definition) is 3. The quantitative estimate of drug-likeness (QED) is 0.348. The first-order chi connectivity index (χ1) is 19.4. The van der Waals surface area contributed by atoms with Crippen LogP contribution in [-0.4, -0.2) is 93.4 Å². The van der Waals surface area contributed by atoms with Crippen molar-refractivity contribution < 1.29 is 14.3 Å². The fourth-order valence-electron chi connectivity index (χ4n) is 6.15. The molecule has 0 aromatic heterocycles. The van der Waals surface area contributed by atoms with E-state index in [0.717, 1.165) is 81.1 Å². The third-order valence-corrected chi connectivity index (χ3v) is 8.55. The number of fused-ring (bicyclic) bond motifs is 1. The van der Waals surface area contributed by atoms with Gasteiger partial charge in [0, 0.05) is 62.2 Å². The lowest BCUT2D eigenvalue weighted by atomic mass is 9.89. The third-order valence-electron chi connectivity index (χ3n) is 8.55. The van der Waals surface area contributed by atoms with Crippen molar-refractivity contribution in [1.29, 1.82) is 0 Å². The topological polar surface area (TPSA) is 103 Å². The summed E-state index contributed by atoms with van der Waals surface area (Å²) in [7, 11) is 7.83. The number of benzene rings is 2. The lowest BCUT2D eigenvalue weighted by Crippen LogP contribution is -2.49. The number of nitrogens with zero attached hydrogens (tertiary/aromatic N) is 3. The first-order valence-electron chi connectivity index (χ1n) is 14.6. The Hall–Kier alpha value is -3.24. The van der Waals surface area contributed by atoms with Gasteiger partial charge < -0.3 is 30.9 Å². The first-order valence-corrected chi connectivity index (χ1v) is 14.6. The molecule has 10 heteroatoms.